The Hall–Kier alpha value is -1.36. The van der Waals surface area contributed by atoms with Crippen molar-refractivity contribution in [1.82, 2.24) is 9.97 Å². The van der Waals surface area contributed by atoms with Crippen molar-refractivity contribution < 1.29 is 9.47 Å². The lowest BCUT2D eigenvalue weighted by Gasteiger charge is -2.17. The molecule has 1 heterocycles. The van der Waals surface area contributed by atoms with Crippen LogP contribution in [0.3, 0.4) is 0 Å². The van der Waals surface area contributed by atoms with Gasteiger partial charge < -0.3 is 15.2 Å². The maximum Gasteiger partial charge on any atom is 0.319 e. The first-order valence-corrected chi connectivity index (χ1v) is 7.01. The van der Waals surface area contributed by atoms with E-state index in [2.05, 4.69) is 9.97 Å². The second kappa shape index (κ2) is 6.70. The molecule has 1 aromatic heterocycles. The van der Waals surface area contributed by atoms with Crippen molar-refractivity contribution in [3.63, 3.8) is 0 Å². The maximum atomic E-state index is 5.77. The monoisotopic (exact) mass is 265 g/mol. The van der Waals surface area contributed by atoms with Crippen LogP contribution in [0.5, 0.6) is 11.9 Å². The minimum absolute atomic E-state index is 0.0965. The Bertz CT molecular complexity index is 398. The summed E-state index contributed by atoms with van der Waals surface area (Å²) in [7, 11) is 0. The molecule has 2 atom stereocenters. The zero-order valence-electron chi connectivity index (χ0n) is 11.7. The molecule has 1 fully saturated rings. The molecule has 2 N–H and O–H groups in total. The van der Waals surface area contributed by atoms with Gasteiger partial charge in [0.2, 0.25) is 5.88 Å². The first-order chi connectivity index (χ1) is 9.19. The van der Waals surface area contributed by atoms with Gasteiger partial charge in [-0.25, -0.2) is 4.98 Å². The summed E-state index contributed by atoms with van der Waals surface area (Å²) in [5.74, 6) is 1.67. The predicted octanol–water partition coefficient (Wildman–Crippen LogP) is 2.02. The smallest absolute Gasteiger partial charge is 0.319 e. The molecular weight excluding hydrogens is 242 g/mol. The van der Waals surface area contributed by atoms with E-state index in [4.69, 9.17) is 15.2 Å². The van der Waals surface area contributed by atoms with Crippen LogP contribution in [0.15, 0.2) is 12.3 Å². The van der Waals surface area contributed by atoms with Crippen molar-refractivity contribution in [1.29, 1.82) is 0 Å². The van der Waals surface area contributed by atoms with Crippen molar-refractivity contribution in [3.05, 3.63) is 12.3 Å². The summed E-state index contributed by atoms with van der Waals surface area (Å²) in [6, 6.07) is 2.13. The molecule has 0 spiro atoms. The van der Waals surface area contributed by atoms with Crippen LogP contribution in [0.2, 0.25) is 0 Å². The van der Waals surface area contributed by atoms with Gasteiger partial charge in [0, 0.05) is 12.3 Å². The van der Waals surface area contributed by atoms with Gasteiger partial charge in [-0.15, -0.1) is 0 Å². The third-order valence-corrected chi connectivity index (χ3v) is 3.51. The van der Waals surface area contributed by atoms with Gasteiger partial charge in [-0.05, 0) is 45.1 Å². The van der Waals surface area contributed by atoms with Crippen molar-refractivity contribution in [2.45, 2.75) is 39.2 Å². The van der Waals surface area contributed by atoms with E-state index in [9.17, 15) is 0 Å². The number of hydrogen-bond acceptors (Lipinski definition) is 5. The number of rotatable bonds is 6. The molecule has 0 bridgehead atoms. The molecule has 1 saturated carbocycles. The molecule has 5 heteroatoms. The second-order valence-corrected chi connectivity index (χ2v) is 5.34. The Morgan fingerprint density at radius 2 is 2.16 bits per heavy atom. The summed E-state index contributed by atoms with van der Waals surface area (Å²) >= 11 is 0. The highest BCUT2D eigenvalue weighted by molar-refractivity contribution is 5.11. The van der Waals surface area contributed by atoms with Crippen LogP contribution in [-0.2, 0) is 0 Å². The highest BCUT2D eigenvalue weighted by Gasteiger charge is 2.26. The van der Waals surface area contributed by atoms with Crippen molar-refractivity contribution in [3.8, 4) is 11.9 Å². The van der Waals surface area contributed by atoms with E-state index in [-0.39, 0.29) is 6.10 Å². The lowest BCUT2D eigenvalue weighted by atomic mass is 9.97. The van der Waals surface area contributed by atoms with Crippen LogP contribution < -0.4 is 15.2 Å². The van der Waals surface area contributed by atoms with Gasteiger partial charge in [0.05, 0.1) is 12.7 Å². The molecule has 1 aromatic rings. The van der Waals surface area contributed by atoms with Gasteiger partial charge in [0.15, 0.2) is 0 Å². The third kappa shape index (κ3) is 4.06. The quantitative estimate of drug-likeness (QED) is 0.852. The number of ether oxygens (including phenoxy) is 2. The molecule has 106 valence electrons. The van der Waals surface area contributed by atoms with Gasteiger partial charge in [0.1, 0.15) is 0 Å². The van der Waals surface area contributed by atoms with Gasteiger partial charge >= 0.3 is 6.01 Å². The molecule has 19 heavy (non-hydrogen) atoms. The number of nitrogens with zero attached hydrogens (tertiary/aromatic N) is 2. The van der Waals surface area contributed by atoms with Crippen LogP contribution in [0.4, 0.5) is 0 Å². The summed E-state index contributed by atoms with van der Waals surface area (Å²) in [5, 5.41) is 0. The molecule has 5 nitrogen and oxygen atoms in total. The number of nitrogens with two attached hydrogens (primary N) is 1. The Balaban J connectivity index is 1.88. The average Bonchev–Trinajstić information content (AvgIpc) is 2.83. The van der Waals surface area contributed by atoms with E-state index in [1.54, 1.807) is 12.3 Å². The topological polar surface area (TPSA) is 70.3 Å². The van der Waals surface area contributed by atoms with E-state index in [0.717, 1.165) is 6.54 Å². The van der Waals surface area contributed by atoms with E-state index in [0.29, 0.717) is 30.3 Å². The minimum Gasteiger partial charge on any atom is -0.475 e. The lowest BCUT2D eigenvalue weighted by molar-refractivity contribution is 0.193. The fourth-order valence-electron chi connectivity index (χ4n) is 2.53. The van der Waals surface area contributed by atoms with Gasteiger partial charge in [-0.3, -0.25) is 0 Å². The predicted molar refractivity (Wildman–Crippen MR) is 73.2 cm³/mol. The first kappa shape index (κ1) is 14.1. The van der Waals surface area contributed by atoms with Crippen molar-refractivity contribution in [2.24, 2.45) is 17.6 Å². The Morgan fingerprint density at radius 1 is 1.37 bits per heavy atom. The van der Waals surface area contributed by atoms with Crippen LogP contribution in [-0.4, -0.2) is 29.2 Å². The zero-order valence-corrected chi connectivity index (χ0v) is 11.7. The van der Waals surface area contributed by atoms with Crippen molar-refractivity contribution in [2.75, 3.05) is 13.2 Å². The van der Waals surface area contributed by atoms with Crippen LogP contribution >= 0.6 is 0 Å². The van der Waals surface area contributed by atoms with E-state index >= 15 is 0 Å². The number of aromatic nitrogens is 2. The molecule has 0 amide bonds. The molecule has 1 aliphatic carbocycles. The van der Waals surface area contributed by atoms with Crippen LogP contribution in [0.1, 0.15) is 33.1 Å². The fourth-order valence-corrected chi connectivity index (χ4v) is 2.53. The highest BCUT2D eigenvalue weighted by atomic mass is 16.5. The van der Waals surface area contributed by atoms with Gasteiger partial charge in [0.25, 0.3) is 0 Å². The molecule has 0 saturated heterocycles. The van der Waals surface area contributed by atoms with Crippen LogP contribution in [0, 0.1) is 11.8 Å². The number of hydrogen-bond donors (Lipinski definition) is 1. The molecule has 0 aliphatic heterocycles. The van der Waals surface area contributed by atoms with Gasteiger partial charge in [-0.1, -0.05) is 6.42 Å². The minimum atomic E-state index is 0.0965. The summed E-state index contributed by atoms with van der Waals surface area (Å²) in [5.41, 5.74) is 5.77. The SMILES string of the molecule is CC(C)Oc1ccnc(OCC2CCCC2CN)n1. The molecule has 2 unspecified atom stereocenters. The van der Waals surface area contributed by atoms with Gasteiger partial charge in [-0.2, -0.15) is 4.98 Å². The highest BCUT2D eigenvalue weighted by Crippen LogP contribution is 2.31. The second-order valence-electron chi connectivity index (χ2n) is 5.34. The summed E-state index contributed by atoms with van der Waals surface area (Å²) in [4.78, 5) is 8.35. The molecule has 0 aromatic carbocycles. The Labute approximate surface area is 114 Å². The van der Waals surface area contributed by atoms with E-state index < -0.39 is 0 Å². The first-order valence-electron chi connectivity index (χ1n) is 7.01. The summed E-state index contributed by atoms with van der Waals surface area (Å²) < 4.78 is 11.2. The fraction of sp³-hybridized carbons (Fsp3) is 0.714. The molecule has 0 radical (unpaired) electrons. The van der Waals surface area contributed by atoms with Crippen molar-refractivity contribution >= 4 is 0 Å². The molecule has 1 aliphatic rings. The van der Waals surface area contributed by atoms with Crippen LogP contribution in [0.25, 0.3) is 0 Å². The lowest BCUT2D eigenvalue weighted by Crippen LogP contribution is -2.23. The Morgan fingerprint density at radius 3 is 2.89 bits per heavy atom. The summed E-state index contributed by atoms with van der Waals surface area (Å²) in [6.07, 6.45) is 5.40. The normalized spacial score (nSPS) is 22.7. The Kier molecular flexibility index (Phi) is 4.96. The molecule has 2 rings (SSSR count). The summed E-state index contributed by atoms with van der Waals surface area (Å²) in [6.45, 7) is 5.32. The third-order valence-electron chi connectivity index (χ3n) is 3.51. The maximum absolute atomic E-state index is 5.77. The average molecular weight is 265 g/mol. The zero-order chi connectivity index (χ0) is 13.7. The molecular formula is C14H23N3O2. The largest absolute Gasteiger partial charge is 0.475 e. The van der Waals surface area contributed by atoms with E-state index in [1.165, 1.54) is 19.3 Å². The van der Waals surface area contributed by atoms with E-state index in [1.807, 2.05) is 13.8 Å². The standard InChI is InChI=1S/C14H23N3O2/c1-10(2)19-13-6-7-16-14(17-13)18-9-12-5-3-4-11(12)8-15/h6-7,10-12H,3-5,8-9,15H2,1-2H3.